The van der Waals surface area contributed by atoms with Crippen molar-refractivity contribution in [2.24, 2.45) is 5.10 Å². The maximum atomic E-state index is 13.3. The molecule has 0 aromatic heterocycles. The Labute approximate surface area is 237 Å². The third-order valence-electron chi connectivity index (χ3n) is 6.18. The number of carbonyl (C=O) groups excluding carboxylic acids is 4. The molecule has 14 heteroatoms. The highest BCUT2D eigenvalue weighted by molar-refractivity contribution is 8.01. The maximum Gasteiger partial charge on any atom is 0.327 e. The van der Waals surface area contributed by atoms with Crippen LogP contribution in [0.2, 0.25) is 10.0 Å². The molecule has 2 aromatic carbocycles. The lowest BCUT2D eigenvalue weighted by atomic mass is 9.95. The second kappa shape index (κ2) is 11.2. The number of carboxylic acids is 1. The van der Waals surface area contributed by atoms with E-state index in [1.165, 1.54) is 34.9 Å². The van der Waals surface area contributed by atoms with Crippen molar-refractivity contribution in [2.45, 2.75) is 42.1 Å². The summed E-state index contributed by atoms with van der Waals surface area (Å²) in [6.45, 7) is 3.46. The number of hydrogen-bond acceptors (Lipinski definition) is 7. The highest BCUT2D eigenvalue weighted by Crippen LogP contribution is 2.50. The molecule has 4 amide bonds. The summed E-state index contributed by atoms with van der Waals surface area (Å²) >= 11 is 13.2. The molecule has 2 heterocycles. The minimum Gasteiger partial charge on any atom is -0.480 e. The van der Waals surface area contributed by atoms with Crippen LogP contribution in [0.15, 0.2) is 53.6 Å². The number of hydrogen-bond donors (Lipinski definition) is 4. The molecule has 2 saturated heterocycles. The minimum absolute atomic E-state index is 0.0561. The monoisotopic (exact) mass is 591 g/mol. The number of fused-ring (bicyclic) bond motifs is 1. The summed E-state index contributed by atoms with van der Waals surface area (Å²) in [6.07, 6.45) is 0.780. The van der Waals surface area contributed by atoms with Crippen LogP contribution >= 0.6 is 35.0 Å². The molecular formula is C25H23Cl2N5O6S. The van der Waals surface area contributed by atoms with Gasteiger partial charge in [-0.3, -0.25) is 19.2 Å². The molecule has 0 spiro atoms. The van der Waals surface area contributed by atoms with Crippen LogP contribution in [0.5, 0.6) is 0 Å². The molecule has 0 radical (unpaired) electrons. The van der Waals surface area contributed by atoms with Crippen molar-refractivity contribution < 1.29 is 29.1 Å². The van der Waals surface area contributed by atoms with Gasteiger partial charge in [-0.2, -0.15) is 5.10 Å². The van der Waals surface area contributed by atoms with E-state index in [0.717, 1.165) is 6.21 Å². The van der Waals surface area contributed by atoms with Crippen molar-refractivity contribution in [3.8, 4) is 0 Å². The minimum atomic E-state index is -1.21. The molecule has 4 atom stereocenters. The second-order valence-corrected chi connectivity index (χ2v) is 11.9. The number of thioether (sulfide) groups is 1. The summed E-state index contributed by atoms with van der Waals surface area (Å²) in [5, 5.41) is 18.2. The van der Waals surface area contributed by atoms with Gasteiger partial charge in [0.1, 0.15) is 29.7 Å². The average Bonchev–Trinajstić information content (AvgIpc) is 3.15. The summed E-state index contributed by atoms with van der Waals surface area (Å²) in [4.78, 5) is 64.0. The Balaban J connectivity index is 1.44. The zero-order valence-corrected chi connectivity index (χ0v) is 22.9. The van der Waals surface area contributed by atoms with E-state index in [2.05, 4.69) is 21.2 Å². The van der Waals surface area contributed by atoms with Gasteiger partial charge >= 0.3 is 5.97 Å². The number of carbonyl (C=O) groups is 5. The zero-order valence-electron chi connectivity index (χ0n) is 20.6. The Morgan fingerprint density at radius 1 is 1.13 bits per heavy atom. The predicted molar refractivity (Wildman–Crippen MR) is 145 cm³/mol. The van der Waals surface area contributed by atoms with Gasteiger partial charge in [-0.05, 0) is 37.6 Å². The first-order chi connectivity index (χ1) is 18.4. The first kappa shape index (κ1) is 28.4. The van der Waals surface area contributed by atoms with Crippen LogP contribution in [0, 0.1) is 0 Å². The molecule has 2 fully saturated rings. The van der Waals surface area contributed by atoms with Gasteiger partial charge in [-0.15, -0.1) is 11.8 Å². The fourth-order valence-corrected chi connectivity index (χ4v) is 6.39. The topological polar surface area (TPSA) is 157 Å². The Morgan fingerprint density at radius 2 is 1.82 bits per heavy atom. The number of hydrazone groups is 1. The van der Waals surface area contributed by atoms with Crippen molar-refractivity contribution in [3.63, 3.8) is 0 Å². The van der Waals surface area contributed by atoms with Gasteiger partial charge < -0.3 is 20.6 Å². The van der Waals surface area contributed by atoms with Crippen LogP contribution in [0.25, 0.3) is 0 Å². The molecule has 4 N–H and O–H groups in total. The maximum absolute atomic E-state index is 13.3. The zero-order chi connectivity index (χ0) is 28.5. The van der Waals surface area contributed by atoms with Gasteiger partial charge in [0, 0.05) is 9.77 Å². The van der Waals surface area contributed by atoms with E-state index in [0.29, 0.717) is 5.56 Å². The Kier molecular flexibility index (Phi) is 8.19. The number of β-lactam (4-membered cyclic amide) rings is 1. The lowest BCUT2D eigenvalue weighted by Crippen LogP contribution is -2.71. The van der Waals surface area contributed by atoms with Crippen molar-refractivity contribution in [2.75, 3.05) is 0 Å². The third-order valence-corrected chi connectivity index (χ3v) is 8.31. The van der Waals surface area contributed by atoms with Crippen LogP contribution < -0.4 is 16.1 Å². The number of rotatable bonds is 8. The number of halogens is 2. The first-order valence-corrected chi connectivity index (χ1v) is 13.2. The van der Waals surface area contributed by atoms with E-state index >= 15 is 0 Å². The summed E-state index contributed by atoms with van der Waals surface area (Å²) < 4.78 is -0.755. The fraction of sp³-hybridized carbons (Fsp3) is 0.280. The van der Waals surface area contributed by atoms with E-state index in [-0.39, 0.29) is 15.6 Å². The Morgan fingerprint density at radius 3 is 2.49 bits per heavy atom. The highest BCUT2D eigenvalue weighted by atomic mass is 35.5. The molecule has 2 aromatic rings. The van der Waals surface area contributed by atoms with Crippen LogP contribution in [0.4, 0.5) is 0 Å². The van der Waals surface area contributed by atoms with Crippen molar-refractivity contribution >= 4 is 70.8 Å². The van der Waals surface area contributed by atoms with Gasteiger partial charge in [0.25, 0.3) is 11.8 Å². The standard InChI is InChI=1S/C25H23Cl2N5O6S/c1-25(2)19(24(37)38)32-22(36)18(23(32)39-25)30-21(35)17(12-6-4-3-5-7-12)29-16(33)11-28-31-20(34)14-10-13(26)8-9-15(14)27/h3-11,17-19,23H,1-2H3,(H,29,33)(H,30,35)(H,31,34)(H,37,38)/b28-11+/t17?,18?,19-,23+/m0/s1. The van der Waals surface area contributed by atoms with E-state index in [1.807, 2.05) is 0 Å². The van der Waals surface area contributed by atoms with Crippen LogP contribution in [0.3, 0.4) is 0 Å². The van der Waals surface area contributed by atoms with Crippen LogP contribution in [0.1, 0.15) is 35.8 Å². The lowest BCUT2D eigenvalue weighted by molar-refractivity contribution is -0.161. The number of benzene rings is 2. The summed E-state index contributed by atoms with van der Waals surface area (Å²) in [5.41, 5.74) is 2.65. The summed E-state index contributed by atoms with van der Waals surface area (Å²) in [7, 11) is 0. The molecule has 0 bridgehead atoms. The molecular weight excluding hydrogens is 569 g/mol. The van der Waals surface area contributed by atoms with Gasteiger partial charge in [0.2, 0.25) is 11.8 Å². The quantitative estimate of drug-likeness (QED) is 0.208. The number of aliphatic carboxylic acids is 1. The predicted octanol–water partition coefficient (Wildman–Crippen LogP) is 2.20. The van der Waals surface area contributed by atoms with E-state index in [4.69, 9.17) is 23.2 Å². The van der Waals surface area contributed by atoms with Gasteiger partial charge in [-0.25, -0.2) is 10.2 Å². The SMILES string of the molecule is CC1(C)S[C@@H]2C(NC(=O)C(NC(=O)/C=N/NC(=O)c3cc(Cl)ccc3Cl)c3ccccc3)C(=O)N2[C@H]1C(=O)O. The number of nitrogens with zero attached hydrogens (tertiary/aromatic N) is 2. The molecule has 2 unspecified atom stereocenters. The molecule has 39 heavy (non-hydrogen) atoms. The van der Waals surface area contributed by atoms with Gasteiger partial charge in [-0.1, -0.05) is 53.5 Å². The van der Waals surface area contributed by atoms with E-state index in [9.17, 15) is 29.1 Å². The molecule has 0 aliphatic carbocycles. The van der Waals surface area contributed by atoms with Gasteiger partial charge in [0.05, 0.1) is 10.6 Å². The van der Waals surface area contributed by atoms with Crippen LogP contribution in [-0.4, -0.2) is 68.0 Å². The van der Waals surface area contributed by atoms with Gasteiger partial charge in [0.15, 0.2) is 0 Å². The average molecular weight is 592 g/mol. The Hall–Kier alpha value is -3.61. The van der Waals surface area contributed by atoms with Crippen molar-refractivity contribution in [3.05, 3.63) is 69.7 Å². The number of nitrogens with one attached hydrogen (secondary N) is 3. The molecule has 4 rings (SSSR count). The normalized spacial score (nSPS) is 22.0. The number of amides is 4. The van der Waals surface area contributed by atoms with Crippen molar-refractivity contribution in [1.29, 1.82) is 0 Å². The Bertz CT molecular complexity index is 1370. The molecule has 2 aliphatic heterocycles. The van der Waals surface area contributed by atoms with E-state index < -0.39 is 57.8 Å². The van der Waals surface area contributed by atoms with Crippen molar-refractivity contribution in [1.82, 2.24) is 21.0 Å². The molecule has 0 saturated carbocycles. The first-order valence-electron chi connectivity index (χ1n) is 11.6. The fourth-order valence-electron chi connectivity index (χ4n) is 4.39. The van der Waals surface area contributed by atoms with E-state index in [1.54, 1.807) is 44.2 Å². The molecule has 11 nitrogen and oxygen atoms in total. The second-order valence-electron chi connectivity index (χ2n) is 9.26. The summed E-state index contributed by atoms with van der Waals surface area (Å²) in [6, 6.07) is 9.43. The molecule has 2 aliphatic rings. The van der Waals surface area contributed by atoms with Crippen LogP contribution in [-0.2, 0) is 19.2 Å². The lowest BCUT2D eigenvalue weighted by Gasteiger charge is -2.44. The molecule has 204 valence electrons. The number of carboxylic acid groups (broad SMARTS) is 1. The largest absolute Gasteiger partial charge is 0.480 e. The smallest absolute Gasteiger partial charge is 0.327 e. The highest BCUT2D eigenvalue weighted by Gasteiger charge is 2.64. The summed E-state index contributed by atoms with van der Waals surface area (Å²) in [5.74, 6) is -3.81. The third kappa shape index (κ3) is 5.87.